The number of H-pyrrole nitrogens is 1. The highest BCUT2D eigenvalue weighted by atomic mass is 19.1. The summed E-state index contributed by atoms with van der Waals surface area (Å²) in [4.78, 5) is 17.2. The van der Waals surface area contributed by atoms with Crippen molar-refractivity contribution in [2.24, 2.45) is 0 Å². The first kappa shape index (κ1) is 8.55. The lowest BCUT2D eigenvalue weighted by atomic mass is 10.2. The molecule has 0 bridgehead atoms. The average molecular weight is 193 g/mol. The number of pyridine rings is 2. The van der Waals surface area contributed by atoms with Crippen LogP contribution in [0.15, 0.2) is 24.5 Å². The molecule has 0 aliphatic rings. The smallest absolute Gasteiger partial charge is 0.342 e. The van der Waals surface area contributed by atoms with E-state index in [2.05, 4.69) is 9.97 Å². The summed E-state index contributed by atoms with van der Waals surface area (Å²) < 4.78 is 12.8. The van der Waals surface area contributed by atoms with Crippen molar-refractivity contribution in [3.8, 4) is 0 Å². The third kappa shape index (κ3) is 1.28. The minimum Gasteiger partial charge on any atom is -0.477 e. The van der Waals surface area contributed by atoms with Crippen molar-refractivity contribution in [1.29, 1.82) is 0 Å². The topological polar surface area (TPSA) is 64.3 Å². The third-order valence-electron chi connectivity index (χ3n) is 1.84. The molecule has 4 nitrogen and oxygen atoms in total. The van der Waals surface area contributed by atoms with E-state index in [-0.39, 0.29) is 5.56 Å². The number of carbonyl (C=O) groups is 1. The Labute approximate surface area is 78.0 Å². The number of hydrogen-bond donors (Lipinski definition) is 1. The molecule has 2 rings (SSSR count). The van der Waals surface area contributed by atoms with E-state index < -0.39 is 11.8 Å². The van der Waals surface area contributed by atoms with E-state index >= 15 is 0 Å². The SMILES string of the molecule is O=C(O)c1ccnc2cc(F)c[nH+]c12. The molecule has 2 heterocycles. The standard InChI is InChI=1S/C9H5FN2O2/c10-5-3-7-8(12-4-5)6(9(13)14)1-2-11-7/h1-4H,(H,13,14)/p+1. The summed E-state index contributed by atoms with van der Waals surface area (Å²) >= 11 is 0. The quantitative estimate of drug-likeness (QED) is 0.731. The highest BCUT2D eigenvalue weighted by molar-refractivity contribution is 5.98. The molecule has 0 saturated carbocycles. The first-order valence-corrected chi connectivity index (χ1v) is 3.88. The molecule has 0 radical (unpaired) electrons. The molecule has 0 aromatic carbocycles. The van der Waals surface area contributed by atoms with E-state index in [0.29, 0.717) is 11.0 Å². The maximum absolute atomic E-state index is 12.8. The molecule has 2 aromatic rings. The Hall–Kier alpha value is -2.04. The van der Waals surface area contributed by atoms with Gasteiger partial charge in [0, 0.05) is 12.3 Å². The van der Waals surface area contributed by atoms with Crippen LogP contribution in [0.5, 0.6) is 0 Å². The number of aromatic carboxylic acids is 1. The van der Waals surface area contributed by atoms with Crippen LogP contribution in [-0.2, 0) is 0 Å². The Bertz CT molecular complexity index is 513. The summed E-state index contributed by atoms with van der Waals surface area (Å²) in [6.07, 6.45) is 2.43. The molecule has 0 aliphatic heterocycles. The largest absolute Gasteiger partial charge is 0.477 e. The number of carboxylic acid groups (broad SMARTS) is 1. The van der Waals surface area contributed by atoms with Crippen LogP contribution in [0.1, 0.15) is 10.4 Å². The molecule has 14 heavy (non-hydrogen) atoms. The Morgan fingerprint density at radius 3 is 3.07 bits per heavy atom. The van der Waals surface area contributed by atoms with Gasteiger partial charge in [-0.1, -0.05) is 0 Å². The average Bonchev–Trinajstić information content (AvgIpc) is 2.16. The van der Waals surface area contributed by atoms with Gasteiger partial charge >= 0.3 is 5.97 Å². The second-order valence-electron chi connectivity index (χ2n) is 2.74. The van der Waals surface area contributed by atoms with Crippen molar-refractivity contribution >= 4 is 17.0 Å². The molecule has 0 saturated heterocycles. The molecule has 0 amide bonds. The van der Waals surface area contributed by atoms with Crippen molar-refractivity contribution < 1.29 is 19.3 Å². The summed E-state index contributed by atoms with van der Waals surface area (Å²) in [5, 5.41) is 8.81. The number of halogens is 1. The summed E-state index contributed by atoms with van der Waals surface area (Å²) in [6.45, 7) is 0. The van der Waals surface area contributed by atoms with Crippen LogP contribution in [0.2, 0.25) is 0 Å². The van der Waals surface area contributed by atoms with Gasteiger partial charge in [0.15, 0.2) is 5.82 Å². The highest BCUT2D eigenvalue weighted by Gasteiger charge is 2.15. The van der Waals surface area contributed by atoms with Crippen molar-refractivity contribution in [3.05, 3.63) is 35.9 Å². The van der Waals surface area contributed by atoms with Crippen molar-refractivity contribution in [3.63, 3.8) is 0 Å². The second kappa shape index (κ2) is 3.02. The van der Waals surface area contributed by atoms with Gasteiger partial charge < -0.3 is 5.11 Å². The van der Waals surface area contributed by atoms with Crippen LogP contribution in [-0.4, -0.2) is 16.1 Å². The Morgan fingerprint density at radius 2 is 2.36 bits per heavy atom. The van der Waals surface area contributed by atoms with E-state index in [1.807, 2.05) is 0 Å². The Balaban J connectivity index is 2.81. The number of nitrogens with zero attached hydrogens (tertiary/aromatic N) is 1. The maximum atomic E-state index is 12.8. The van der Waals surface area contributed by atoms with Gasteiger partial charge in [-0.2, -0.15) is 0 Å². The number of carboxylic acids is 1. The normalized spacial score (nSPS) is 10.4. The van der Waals surface area contributed by atoms with Crippen LogP contribution in [0.25, 0.3) is 11.0 Å². The van der Waals surface area contributed by atoms with Crippen LogP contribution in [0.4, 0.5) is 4.39 Å². The lowest BCUT2D eigenvalue weighted by molar-refractivity contribution is -0.347. The van der Waals surface area contributed by atoms with Gasteiger partial charge in [-0.25, -0.2) is 19.2 Å². The second-order valence-corrected chi connectivity index (χ2v) is 2.74. The number of aromatic nitrogens is 2. The molecule has 0 atom stereocenters. The van der Waals surface area contributed by atoms with Gasteiger partial charge in [-0.15, -0.1) is 0 Å². The molecule has 70 valence electrons. The molecular weight excluding hydrogens is 187 g/mol. The van der Waals surface area contributed by atoms with Crippen LogP contribution < -0.4 is 4.98 Å². The highest BCUT2D eigenvalue weighted by Crippen LogP contribution is 2.11. The molecule has 5 heteroatoms. The third-order valence-corrected chi connectivity index (χ3v) is 1.84. The molecule has 2 N–H and O–H groups in total. The van der Waals surface area contributed by atoms with Crippen LogP contribution in [0.3, 0.4) is 0 Å². The van der Waals surface area contributed by atoms with Gasteiger partial charge in [0.25, 0.3) is 0 Å². The van der Waals surface area contributed by atoms with E-state index in [4.69, 9.17) is 5.11 Å². The van der Waals surface area contributed by atoms with Gasteiger partial charge in [-0.3, -0.25) is 0 Å². The number of rotatable bonds is 1. The summed E-state index contributed by atoms with van der Waals surface area (Å²) in [6, 6.07) is 2.54. The summed E-state index contributed by atoms with van der Waals surface area (Å²) in [5.74, 6) is -1.55. The van der Waals surface area contributed by atoms with Crippen molar-refractivity contribution in [2.75, 3.05) is 0 Å². The first-order chi connectivity index (χ1) is 6.68. The van der Waals surface area contributed by atoms with Crippen molar-refractivity contribution in [1.82, 2.24) is 4.98 Å². The zero-order chi connectivity index (χ0) is 10.1. The van der Waals surface area contributed by atoms with Crippen molar-refractivity contribution in [2.45, 2.75) is 0 Å². The van der Waals surface area contributed by atoms with Crippen LogP contribution in [0, 0.1) is 5.82 Å². The fraction of sp³-hybridized carbons (Fsp3) is 0. The molecule has 0 spiro atoms. The van der Waals surface area contributed by atoms with E-state index in [1.54, 1.807) is 0 Å². The Morgan fingerprint density at radius 1 is 1.57 bits per heavy atom. The number of fused-ring (bicyclic) bond motifs is 1. The first-order valence-electron chi connectivity index (χ1n) is 3.88. The fourth-order valence-electron chi connectivity index (χ4n) is 1.23. The van der Waals surface area contributed by atoms with Gasteiger partial charge in [-0.05, 0) is 6.07 Å². The summed E-state index contributed by atoms with van der Waals surface area (Å²) in [5.41, 5.74) is 0.696. The van der Waals surface area contributed by atoms with Gasteiger partial charge in [0.05, 0.1) is 0 Å². The maximum Gasteiger partial charge on any atom is 0.342 e. The zero-order valence-electron chi connectivity index (χ0n) is 6.99. The lowest BCUT2D eigenvalue weighted by Gasteiger charge is -1.94. The minimum atomic E-state index is -1.07. The lowest BCUT2D eigenvalue weighted by Crippen LogP contribution is -2.11. The van der Waals surface area contributed by atoms with Gasteiger partial charge in [0.2, 0.25) is 11.7 Å². The molecule has 2 aromatic heterocycles. The Kier molecular flexibility index (Phi) is 1.85. The minimum absolute atomic E-state index is 0.0787. The predicted molar refractivity (Wildman–Crippen MR) is 45.2 cm³/mol. The summed E-state index contributed by atoms with van der Waals surface area (Å²) in [7, 11) is 0. The predicted octanol–water partition coefficient (Wildman–Crippen LogP) is 0.886. The van der Waals surface area contributed by atoms with Crippen LogP contribution >= 0.6 is 0 Å². The molecular formula is C9H6FN2O2+. The molecule has 0 aliphatic carbocycles. The van der Waals surface area contributed by atoms with E-state index in [9.17, 15) is 9.18 Å². The van der Waals surface area contributed by atoms with Gasteiger partial charge in [0.1, 0.15) is 11.1 Å². The fourth-order valence-corrected chi connectivity index (χ4v) is 1.23. The number of nitrogens with one attached hydrogen (secondary N) is 1. The van der Waals surface area contributed by atoms with E-state index in [0.717, 1.165) is 6.20 Å². The zero-order valence-corrected chi connectivity index (χ0v) is 6.99. The number of hydrogen-bond acceptors (Lipinski definition) is 2. The number of aromatic amines is 1. The molecule has 0 unspecified atom stereocenters. The monoisotopic (exact) mass is 193 g/mol. The van der Waals surface area contributed by atoms with E-state index in [1.165, 1.54) is 18.3 Å². The molecule has 0 fully saturated rings.